The number of thiophene rings is 1. The van der Waals surface area contributed by atoms with E-state index in [1.165, 1.54) is 11.3 Å². The molecule has 104 valence electrons. The molecule has 3 rings (SSSR count). The molecule has 0 radical (unpaired) electrons. The number of nitrogens with two attached hydrogens (primary N) is 1. The molecule has 1 atom stereocenters. The molecule has 2 heterocycles. The van der Waals surface area contributed by atoms with Crippen molar-refractivity contribution < 1.29 is 4.79 Å². The summed E-state index contributed by atoms with van der Waals surface area (Å²) >= 11 is 1.53. The van der Waals surface area contributed by atoms with Gasteiger partial charge in [-0.3, -0.25) is 9.78 Å². The topological polar surface area (TPSA) is 59.2 Å². The zero-order chi connectivity index (χ0) is 13.9. The Morgan fingerprint density at radius 1 is 1.40 bits per heavy atom. The van der Waals surface area contributed by atoms with Crippen molar-refractivity contribution in [2.45, 2.75) is 31.5 Å². The maximum atomic E-state index is 12.6. The summed E-state index contributed by atoms with van der Waals surface area (Å²) in [5, 5.41) is 1.95. The van der Waals surface area contributed by atoms with Crippen molar-refractivity contribution in [1.29, 1.82) is 0 Å². The Hall–Kier alpha value is -1.72. The zero-order valence-electron chi connectivity index (χ0n) is 11.1. The van der Waals surface area contributed by atoms with E-state index >= 15 is 0 Å². The number of aromatic nitrogens is 1. The average Bonchev–Trinajstić information content (AvgIpc) is 3.18. The molecule has 5 heteroatoms. The van der Waals surface area contributed by atoms with E-state index in [9.17, 15) is 4.79 Å². The van der Waals surface area contributed by atoms with Gasteiger partial charge >= 0.3 is 0 Å². The van der Waals surface area contributed by atoms with Gasteiger partial charge in [-0.2, -0.15) is 0 Å². The monoisotopic (exact) mass is 287 g/mol. The summed E-state index contributed by atoms with van der Waals surface area (Å²) in [4.78, 5) is 19.7. The summed E-state index contributed by atoms with van der Waals surface area (Å²) in [7, 11) is 0. The van der Waals surface area contributed by atoms with Gasteiger partial charge in [-0.15, -0.1) is 11.3 Å². The Morgan fingerprint density at radius 2 is 2.25 bits per heavy atom. The molecule has 1 unspecified atom stereocenters. The highest BCUT2D eigenvalue weighted by Crippen LogP contribution is 2.31. The zero-order valence-corrected chi connectivity index (χ0v) is 11.9. The molecule has 1 fully saturated rings. The molecule has 1 saturated carbocycles. The summed E-state index contributed by atoms with van der Waals surface area (Å²) in [5.41, 5.74) is 7.01. The van der Waals surface area contributed by atoms with Gasteiger partial charge in [-0.05, 0) is 36.4 Å². The van der Waals surface area contributed by atoms with Gasteiger partial charge in [0.05, 0.1) is 12.2 Å². The maximum absolute atomic E-state index is 12.6. The highest BCUT2D eigenvalue weighted by molar-refractivity contribution is 7.10. The molecule has 1 aliphatic carbocycles. The second-order valence-electron chi connectivity index (χ2n) is 5.01. The van der Waals surface area contributed by atoms with E-state index in [0.717, 1.165) is 23.4 Å². The molecule has 0 aliphatic heterocycles. The third kappa shape index (κ3) is 2.89. The van der Waals surface area contributed by atoms with Gasteiger partial charge in [0.25, 0.3) is 0 Å². The van der Waals surface area contributed by atoms with Crippen LogP contribution in [0.25, 0.3) is 0 Å². The van der Waals surface area contributed by atoms with Crippen LogP contribution >= 0.6 is 11.3 Å². The first-order valence-corrected chi connectivity index (χ1v) is 7.63. The minimum Gasteiger partial charge on any atom is -0.332 e. The van der Waals surface area contributed by atoms with Crippen LogP contribution in [0.3, 0.4) is 0 Å². The van der Waals surface area contributed by atoms with E-state index in [1.807, 2.05) is 40.6 Å². The lowest BCUT2D eigenvalue weighted by molar-refractivity contribution is -0.134. The van der Waals surface area contributed by atoms with Crippen LogP contribution in [0.15, 0.2) is 41.9 Å². The van der Waals surface area contributed by atoms with Crippen LogP contribution in [0.2, 0.25) is 0 Å². The van der Waals surface area contributed by atoms with Gasteiger partial charge in [-0.25, -0.2) is 0 Å². The van der Waals surface area contributed by atoms with Crippen LogP contribution in [0.4, 0.5) is 0 Å². The number of rotatable bonds is 5. The van der Waals surface area contributed by atoms with Crippen molar-refractivity contribution in [3.05, 3.63) is 52.5 Å². The SMILES string of the molecule is NC(C(=O)N(Cc1ccccn1)C1CC1)c1cccs1. The van der Waals surface area contributed by atoms with E-state index in [0.29, 0.717) is 12.6 Å². The van der Waals surface area contributed by atoms with Crippen molar-refractivity contribution in [2.75, 3.05) is 0 Å². The van der Waals surface area contributed by atoms with E-state index in [-0.39, 0.29) is 5.91 Å². The summed E-state index contributed by atoms with van der Waals surface area (Å²) in [6.45, 7) is 0.545. The quantitative estimate of drug-likeness (QED) is 0.918. The molecule has 0 aromatic carbocycles. The van der Waals surface area contributed by atoms with Crippen LogP contribution < -0.4 is 5.73 Å². The Bertz CT molecular complexity index is 566. The third-order valence-corrected chi connectivity index (χ3v) is 4.40. The van der Waals surface area contributed by atoms with Crippen LogP contribution in [0.5, 0.6) is 0 Å². The normalized spacial score (nSPS) is 15.8. The van der Waals surface area contributed by atoms with Crippen molar-refractivity contribution in [3.63, 3.8) is 0 Å². The molecule has 20 heavy (non-hydrogen) atoms. The number of hydrogen-bond acceptors (Lipinski definition) is 4. The highest BCUT2D eigenvalue weighted by Gasteiger charge is 2.35. The first-order chi connectivity index (χ1) is 9.75. The van der Waals surface area contributed by atoms with E-state index in [4.69, 9.17) is 5.73 Å². The Labute approximate surface area is 122 Å². The lowest BCUT2D eigenvalue weighted by atomic mass is 10.2. The van der Waals surface area contributed by atoms with Crippen molar-refractivity contribution >= 4 is 17.2 Å². The lowest BCUT2D eigenvalue weighted by Gasteiger charge is -2.25. The fourth-order valence-corrected chi connectivity index (χ4v) is 2.93. The molecule has 4 nitrogen and oxygen atoms in total. The average molecular weight is 287 g/mol. The standard InChI is InChI=1S/C15H17N3OS/c16-14(13-5-3-9-20-13)15(19)18(12-6-7-12)10-11-4-1-2-8-17-11/h1-5,8-9,12,14H,6-7,10,16H2. The number of pyridine rings is 1. The molecule has 1 amide bonds. The van der Waals surface area contributed by atoms with Gasteiger partial charge in [0, 0.05) is 17.1 Å². The molecule has 1 aliphatic rings. The van der Waals surface area contributed by atoms with Gasteiger partial charge in [-0.1, -0.05) is 12.1 Å². The summed E-state index contributed by atoms with van der Waals surface area (Å²) in [6, 6.07) is 9.38. The first kappa shape index (κ1) is 13.3. The molecule has 0 spiro atoms. The minimum atomic E-state index is -0.556. The van der Waals surface area contributed by atoms with E-state index in [2.05, 4.69) is 4.98 Å². The molecule has 2 aromatic rings. The highest BCUT2D eigenvalue weighted by atomic mass is 32.1. The van der Waals surface area contributed by atoms with E-state index < -0.39 is 6.04 Å². The maximum Gasteiger partial charge on any atom is 0.245 e. The number of hydrogen-bond donors (Lipinski definition) is 1. The number of nitrogens with zero attached hydrogens (tertiary/aromatic N) is 2. The Balaban J connectivity index is 1.75. The summed E-state index contributed by atoms with van der Waals surface area (Å²) in [6.07, 6.45) is 3.88. The predicted octanol–water partition coefficient (Wildman–Crippen LogP) is 2.33. The predicted molar refractivity (Wildman–Crippen MR) is 79.1 cm³/mol. The van der Waals surface area contributed by atoms with Gasteiger partial charge < -0.3 is 10.6 Å². The second-order valence-corrected chi connectivity index (χ2v) is 5.99. The largest absolute Gasteiger partial charge is 0.332 e. The molecular formula is C15H17N3OS. The molecule has 2 aromatic heterocycles. The van der Waals surface area contributed by atoms with Crippen molar-refractivity contribution in [2.24, 2.45) is 5.73 Å². The van der Waals surface area contributed by atoms with Gasteiger partial charge in [0.2, 0.25) is 5.91 Å². The Morgan fingerprint density at radius 3 is 2.85 bits per heavy atom. The van der Waals surface area contributed by atoms with Gasteiger partial charge in [0.1, 0.15) is 6.04 Å². The van der Waals surface area contributed by atoms with Crippen molar-refractivity contribution in [3.8, 4) is 0 Å². The first-order valence-electron chi connectivity index (χ1n) is 6.75. The number of amides is 1. The van der Waals surface area contributed by atoms with Crippen LogP contribution in [0.1, 0.15) is 29.5 Å². The molecule has 0 bridgehead atoms. The smallest absolute Gasteiger partial charge is 0.245 e. The van der Waals surface area contributed by atoms with E-state index in [1.54, 1.807) is 6.20 Å². The summed E-state index contributed by atoms with van der Waals surface area (Å²) < 4.78 is 0. The minimum absolute atomic E-state index is 0.000558. The number of carbonyl (C=O) groups is 1. The van der Waals surface area contributed by atoms with Crippen LogP contribution in [0, 0.1) is 0 Å². The second kappa shape index (κ2) is 5.73. The fourth-order valence-electron chi connectivity index (χ4n) is 2.21. The van der Waals surface area contributed by atoms with Crippen molar-refractivity contribution in [1.82, 2.24) is 9.88 Å². The number of carbonyl (C=O) groups excluding carboxylic acids is 1. The lowest BCUT2D eigenvalue weighted by Crippen LogP contribution is -2.39. The molecular weight excluding hydrogens is 270 g/mol. The fraction of sp³-hybridized carbons (Fsp3) is 0.333. The third-order valence-electron chi connectivity index (χ3n) is 3.44. The van der Waals surface area contributed by atoms with Gasteiger partial charge in [0.15, 0.2) is 0 Å². The molecule has 0 saturated heterocycles. The summed E-state index contributed by atoms with van der Waals surface area (Å²) in [5.74, 6) is 0.000558. The van der Waals surface area contributed by atoms with Crippen LogP contribution in [-0.4, -0.2) is 21.8 Å². The Kier molecular flexibility index (Phi) is 3.80. The molecule has 2 N–H and O–H groups in total. The van der Waals surface area contributed by atoms with Crippen LogP contribution in [-0.2, 0) is 11.3 Å².